The molecular formula is C12H16N6O2. The molecule has 106 valence electrons. The molecular weight excluding hydrogens is 260 g/mol. The summed E-state index contributed by atoms with van der Waals surface area (Å²) in [7, 11) is 0. The van der Waals surface area contributed by atoms with Crippen LogP contribution in [0.4, 0.5) is 11.6 Å². The maximum Gasteiger partial charge on any atom is 0.330 e. The Labute approximate surface area is 116 Å². The van der Waals surface area contributed by atoms with Crippen LogP contribution in [0.1, 0.15) is 26.1 Å². The average molecular weight is 276 g/mol. The van der Waals surface area contributed by atoms with Crippen molar-refractivity contribution in [3.63, 3.8) is 0 Å². The first-order valence-corrected chi connectivity index (χ1v) is 6.45. The largest absolute Gasteiger partial charge is 0.354 e. The first kappa shape index (κ1) is 13.9. The van der Waals surface area contributed by atoms with E-state index in [2.05, 4.69) is 20.3 Å². The van der Waals surface area contributed by atoms with E-state index in [4.69, 9.17) is 0 Å². The van der Waals surface area contributed by atoms with E-state index >= 15 is 0 Å². The second kappa shape index (κ2) is 6.09. The van der Waals surface area contributed by atoms with Gasteiger partial charge in [0.15, 0.2) is 0 Å². The lowest BCUT2D eigenvalue weighted by Gasteiger charge is -2.08. The molecule has 0 amide bonds. The predicted octanol–water partition coefficient (Wildman–Crippen LogP) is 1.95. The van der Waals surface area contributed by atoms with Gasteiger partial charge in [0.25, 0.3) is 0 Å². The third kappa shape index (κ3) is 2.73. The highest BCUT2D eigenvalue weighted by Crippen LogP contribution is 2.22. The quantitative estimate of drug-likeness (QED) is 0.639. The molecule has 0 bridgehead atoms. The molecule has 8 heteroatoms. The second-order valence-electron chi connectivity index (χ2n) is 4.15. The zero-order valence-electron chi connectivity index (χ0n) is 11.4. The zero-order valence-corrected chi connectivity index (χ0v) is 11.4. The topological polar surface area (TPSA) is 98.8 Å². The first-order valence-electron chi connectivity index (χ1n) is 6.45. The van der Waals surface area contributed by atoms with Gasteiger partial charge in [-0.2, -0.15) is 4.98 Å². The number of nitrogens with one attached hydrogen (secondary N) is 1. The fourth-order valence-corrected chi connectivity index (χ4v) is 1.85. The Morgan fingerprint density at radius 2 is 2.20 bits per heavy atom. The predicted molar refractivity (Wildman–Crippen MR) is 74.0 cm³/mol. The number of imidazole rings is 1. The first-order chi connectivity index (χ1) is 9.67. The molecule has 20 heavy (non-hydrogen) atoms. The normalized spacial score (nSPS) is 10.5. The number of aryl methyl sites for hydroxylation is 1. The van der Waals surface area contributed by atoms with Crippen LogP contribution >= 0.6 is 0 Å². The Balaban J connectivity index is 2.53. The van der Waals surface area contributed by atoms with Crippen LogP contribution in [0, 0.1) is 10.1 Å². The van der Waals surface area contributed by atoms with Gasteiger partial charge < -0.3 is 5.32 Å². The summed E-state index contributed by atoms with van der Waals surface area (Å²) < 4.78 is 1.64. The summed E-state index contributed by atoms with van der Waals surface area (Å²) in [5.41, 5.74) is -0.137. The number of nitrogens with zero attached hydrogens (tertiary/aromatic N) is 5. The van der Waals surface area contributed by atoms with Crippen LogP contribution in [0.2, 0.25) is 0 Å². The third-order valence-corrected chi connectivity index (χ3v) is 2.70. The monoisotopic (exact) mass is 276 g/mol. The van der Waals surface area contributed by atoms with Crippen molar-refractivity contribution < 1.29 is 4.92 Å². The second-order valence-corrected chi connectivity index (χ2v) is 4.15. The number of nitro groups is 1. The van der Waals surface area contributed by atoms with Gasteiger partial charge in [-0.05, 0) is 13.3 Å². The molecule has 0 aromatic carbocycles. The van der Waals surface area contributed by atoms with E-state index in [1.165, 1.54) is 6.20 Å². The molecule has 0 aliphatic carbocycles. The maximum atomic E-state index is 11.1. The van der Waals surface area contributed by atoms with Crippen LogP contribution in [0.5, 0.6) is 0 Å². The van der Waals surface area contributed by atoms with E-state index in [-0.39, 0.29) is 11.5 Å². The third-order valence-electron chi connectivity index (χ3n) is 2.70. The Bertz CT molecular complexity index is 610. The van der Waals surface area contributed by atoms with Crippen LogP contribution in [0.3, 0.4) is 0 Å². The van der Waals surface area contributed by atoms with Gasteiger partial charge in [-0.25, -0.2) is 9.97 Å². The molecule has 0 saturated heterocycles. The van der Waals surface area contributed by atoms with E-state index in [0.29, 0.717) is 12.5 Å². The Hall–Kier alpha value is -2.51. The molecule has 2 heterocycles. The lowest BCUT2D eigenvalue weighted by molar-refractivity contribution is -0.385. The smallest absolute Gasteiger partial charge is 0.330 e. The maximum absolute atomic E-state index is 11.1. The van der Waals surface area contributed by atoms with E-state index < -0.39 is 4.92 Å². The molecule has 1 N–H and O–H groups in total. The summed E-state index contributed by atoms with van der Waals surface area (Å²) in [6.07, 6.45) is 6.14. The van der Waals surface area contributed by atoms with Crippen molar-refractivity contribution in [1.29, 1.82) is 0 Å². The van der Waals surface area contributed by atoms with Crippen molar-refractivity contribution in [2.24, 2.45) is 0 Å². The van der Waals surface area contributed by atoms with Gasteiger partial charge in [-0.1, -0.05) is 6.92 Å². The van der Waals surface area contributed by atoms with E-state index in [1.807, 2.05) is 13.8 Å². The highest BCUT2D eigenvalue weighted by atomic mass is 16.6. The average Bonchev–Trinajstić information content (AvgIpc) is 2.87. The molecule has 8 nitrogen and oxygen atoms in total. The molecule has 0 radical (unpaired) electrons. The number of anilines is 1. The SMILES string of the molecule is CCCc1nccn1-c1nc(NCC)ncc1[N+](=O)[O-]. The summed E-state index contributed by atoms with van der Waals surface area (Å²) in [6, 6.07) is 0. The zero-order chi connectivity index (χ0) is 14.5. The lowest BCUT2D eigenvalue weighted by Crippen LogP contribution is -2.10. The number of hydrogen-bond acceptors (Lipinski definition) is 6. The molecule has 0 saturated carbocycles. The van der Waals surface area contributed by atoms with Gasteiger partial charge >= 0.3 is 5.69 Å². The van der Waals surface area contributed by atoms with Crippen molar-refractivity contribution in [2.75, 3.05) is 11.9 Å². The highest BCUT2D eigenvalue weighted by molar-refractivity contribution is 5.49. The fourth-order valence-electron chi connectivity index (χ4n) is 1.85. The minimum atomic E-state index is -0.485. The Kier molecular flexibility index (Phi) is 4.24. The molecule has 0 fully saturated rings. The van der Waals surface area contributed by atoms with Gasteiger partial charge in [0.05, 0.1) is 4.92 Å². The van der Waals surface area contributed by atoms with Crippen LogP contribution < -0.4 is 5.32 Å². The van der Waals surface area contributed by atoms with Crippen LogP contribution in [0.15, 0.2) is 18.6 Å². The summed E-state index contributed by atoms with van der Waals surface area (Å²) in [5, 5.41) is 14.1. The van der Waals surface area contributed by atoms with Crippen LogP contribution in [-0.2, 0) is 6.42 Å². The van der Waals surface area contributed by atoms with Gasteiger partial charge in [0.1, 0.15) is 12.0 Å². The van der Waals surface area contributed by atoms with Crippen molar-refractivity contribution in [2.45, 2.75) is 26.7 Å². The number of rotatable bonds is 6. The van der Waals surface area contributed by atoms with E-state index in [0.717, 1.165) is 18.7 Å². The van der Waals surface area contributed by atoms with Crippen LogP contribution in [0.25, 0.3) is 5.82 Å². The molecule has 0 spiro atoms. The summed E-state index contributed by atoms with van der Waals surface area (Å²) >= 11 is 0. The van der Waals surface area contributed by atoms with Gasteiger partial charge in [-0.15, -0.1) is 0 Å². The van der Waals surface area contributed by atoms with Gasteiger partial charge in [-0.3, -0.25) is 14.7 Å². The number of aromatic nitrogens is 4. The Morgan fingerprint density at radius 3 is 2.85 bits per heavy atom. The summed E-state index contributed by atoms with van der Waals surface area (Å²) in [4.78, 5) is 23.0. The molecule has 0 aliphatic rings. The summed E-state index contributed by atoms with van der Waals surface area (Å²) in [5.74, 6) is 1.35. The molecule has 2 rings (SSSR count). The van der Waals surface area contributed by atoms with Gasteiger partial charge in [0, 0.05) is 25.4 Å². The minimum Gasteiger partial charge on any atom is -0.354 e. The van der Waals surface area contributed by atoms with Crippen molar-refractivity contribution in [3.8, 4) is 5.82 Å². The molecule has 0 atom stereocenters. The molecule has 2 aromatic heterocycles. The van der Waals surface area contributed by atoms with E-state index in [1.54, 1.807) is 17.0 Å². The van der Waals surface area contributed by atoms with Crippen molar-refractivity contribution in [1.82, 2.24) is 19.5 Å². The lowest BCUT2D eigenvalue weighted by atomic mass is 10.3. The molecule has 0 unspecified atom stereocenters. The van der Waals surface area contributed by atoms with Crippen molar-refractivity contribution in [3.05, 3.63) is 34.5 Å². The Morgan fingerprint density at radius 1 is 1.40 bits per heavy atom. The van der Waals surface area contributed by atoms with Gasteiger partial charge in [0.2, 0.25) is 11.8 Å². The minimum absolute atomic E-state index is 0.137. The molecule has 2 aromatic rings. The van der Waals surface area contributed by atoms with Crippen molar-refractivity contribution >= 4 is 11.6 Å². The summed E-state index contributed by atoms with van der Waals surface area (Å²) in [6.45, 7) is 4.57. The fraction of sp³-hybridized carbons (Fsp3) is 0.417. The number of hydrogen-bond donors (Lipinski definition) is 1. The standard InChI is InChI=1S/C12H16N6O2/c1-3-5-10-14-6-7-17(10)11-9(18(19)20)8-15-12(16-11)13-4-2/h6-8H,3-5H2,1-2H3,(H,13,15,16). The van der Waals surface area contributed by atoms with Crippen LogP contribution in [-0.4, -0.2) is 31.0 Å². The highest BCUT2D eigenvalue weighted by Gasteiger charge is 2.20. The molecule has 0 aliphatic heterocycles. The van der Waals surface area contributed by atoms with E-state index in [9.17, 15) is 10.1 Å².